The summed E-state index contributed by atoms with van der Waals surface area (Å²) >= 11 is 0. The number of nitrogens with one attached hydrogen (secondary N) is 1. The highest BCUT2D eigenvalue weighted by atomic mass is 16.5. The van der Waals surface area contributed by atoms with Crippen LogP contribution in [-0.2, 0) is 9.47 Å². The van der Waals surface area contributed by atoms with Crippen LogP contribution in [0.1, 0.15) is 26.2 Å². The van der Waals surface area contributed by atoms with E-state index in [1.54, 1.807) is 7.11 Å². The maximum atomic E-state index is 10.3. The van der Waals surface area contributed by atoms with Gasteiger partial charge in [0.25, 0.3) is 0 Å². The Morgan fingerprint density at radius 2 is 2.31 bits per heavy atom. The Balaban J connectivity index is 2.16. The average Bonchev–Trinajstić information content (AvgIpc) is 2.30. The van der Waals surface area contributed by atoms with Gasteiger partial charge in [-0.3, -0.25) is 0 Å². The Labute approximate surface area is 98.3 Å². The van der Waals surface area contributed by atoms with E-state index < -0.39 is 5.60 Å². The van der Waals surface area contributed by atoms with Gasteiger partial charge >= 0.3 is 0 Å². The third-order valence-electron chi connectivity index (χ3n) is 3.33. The molecule has 0 aliphatic carbocycles. The van der Waals surface area contributed by atoms with Crippen molar-refractivity contribution < 1.29 is 14.6 Å². The Hall–Kier alpha value is -0.160. The van der Waals surface area contributed by atoms with E-state index in [2.05, 4.69) is 5.32 Å². The van der Waals surface area contributed by atoms with Gasteiger partial charge in [0, 0.05) is 26.2 Å². The molecular weight excluding hydrogens is 206 g/mol. The molecule has 0 spiro atoms. The van der Waals surface area contributed by atoms with Crippen molar-refractivity contribution in [2.45, 2.75) is 31.8 Å². The molecule has 0 radical (unpaired) electrons. The first-order valence-corrected chi connectivity index (χ1v) is 6.16. The molecule has 2 N–H and O–H groups in total. The van der Waals surface area contributed by atoms with Gasteiger partial charge in [0.05, 0.1) is 18.8 Å². The third kappa shape index (κ3) is 4.78. The van der Waals surface area contributed by atoms with Crippen molar-refractivity contribution in [3.63, 3.8) is 0 Å². The predicted molar refractivity (Wildman–Crippen MR) is 63.5 cm³/mol. The standard InChI is InChI=1S/C12H25NO3/c1-12(14,5-6-13-7-9-15-2)11-4-3-8-16-10-11/h11,13-14H,3-10H2,1-2H3. The molecule has 0 saturated carbocycles. The summed E-state index contributed by atoms with van der Waals surface area (Å²) in [7, 11) is 1.69. The average molecular weight is 231 g/mol. The summed E-state index contributed by atoms with van der Waals surface area (Å²) in [6.45, 7) is 5.85. The molecule has 1 fully saturated rings. The summed E-state index contributed by atoms with van der Waals surface area (Å²) in [5.74, 6) is 0.283. The van der Waals surface area contributed by atoms with E-state index in [-0.39, 0.29) is 5.92 Å². The Morgan fingerprint density at radius 1 is 1.50 bits per heavy atom. The van der Waals surface area contributed by atoms with E-state index in [0.717, 1.165) is 39.0 Å². The molecule has 0 aromatic carbocycles. The lowest BCUT2D eigenvalue weighted by Crippen LogP contribution is -2.42. The van der Waals surface area contributed by atoms with E-state index in [1.165, 1.54) is 0 Å². The van der Waals surface area contributed by atoms with Crippen molar-refractivity contribution in [3.05, 3.63) is 0 Å². The number of aliphatic hydroxyl groups is 1. The van der Waals surface area contributed by atoms with Crippen molar-refractivity contribution in [1.82, 2.24) is 5.32 Å². The molecule has 1 aliphatic heterocycles. The van der Waals surface area contributed by atoms with Crippen LogP contribution in [-0.4, -0.2) is 50.7 Å². The van der Waals surface area contributed by atoms with Crippen molar-refractivity contribution in [1.29, 1.82) is 0 Å². The molecule has 0 aromatic rings. The molecule has 16 heavy (non-hydrogen) atoms. The van der Waals surface area contributed by atoms with Gasteiger partial charge in [0.2, 0.25) is 0 Å². The highest BCUT2D eigenvalue weighted by molar-refractivity contribution is 4.84. The van der Waals surface area contributed by atoms with E-state index in [9.17, 15) is 5.11 Å². The first kappa shape index (κ1) is 13.9. The predicted octanol–water partition coefficient (Wildman–Crippen LogP) is 0.790. The first-order valence-electron chi connectivity index (χ1n) is 6.16. The van der Waals surface area contributed by atoms with Crippen LogP contribution in [0.5, 0.6) is 0 Å². The van der Waals surface area contributed by atoms with E-state index in [1.807, 2.05) is 6.92 Å². The molecule has 4 heteroatoms. The highest BCUT2D eigenvalue weighted by Crippen LogP contribution is 2.28. The molecule has 4 nitrogen and oxygen atoms in total. The van der Waals surface area contributed by atoms with Crippen LogP contribution in [0, 0.1) is 5.92 Å². The number of ether oxygens (including phenoxy) is 2. The van der Waals surface area contributed by atoms with Crippen LogP contribution in [0.25, 0.3) is 0 Å². The minimum atomic E-state index is -0.611. The summed E-state index contributed by atoms with van der Waals surface area (Å²) in [5.41, 5.74) is -0.611. The normalized spacial score (nSPS) is 25.3. The quantitative estimate of drug-likeness (QED) is 0.636. The third-order valence-corrected chi connectivity index (χ3v) is 3.33. The van der Waals surface area contributed by atoms with E-state index >= 15 is 0 Å². The molecule has 96 valence electrons. The molecule has 1 heterocycles. The summed E-state index contributed by atoms with van der Waals surface area (Å²) in [4.78, 5) is 0. The SMILES string of the molecule is COCCNCCC(C)(O)C1CCCOC1. The summed E-state index contributed by atoms with van der Waals surface area (Å²) in [5, 5.41) is 13.6. The summed E-state index contributed by atoms with van der Waals surface area (Å²) in [6, 6.07) is 0. The molecule has 2 unspecified atom stereocenters. The fraction of sp³-hybridized carbons (Fsp3) is 1.00. The van der Waals surface area contributed by atoms with Gasteiger partial charge in [-0.05, 0) is 32.7 Å². The van der Waals surface area contributed by atoms with Gasteiger partial charge in [-0.15, -0.1) is 0 Å². The topological polar surface area (TPSA) is 50.7 Å². The Morgan fingerprint density at radius 3 is 2.94 bits per heavy atom. The molecule has 1 saturated heterocycles. The second-order valence-electron chi connectivity index (χ2n) is 4.76. The zero-order chi connectivity index (χ0) is 11.9. The fourth-order valence-corrected chi connectivity index (χ4v) is 2.08. The zero-order valence-corrected chi connectivity index (χ0v) is 10.5. The molecule has 0 bridgehead atoms. The monoisotopic (exact) mass is 231 g/mol. The van der Waals surface area contributed by atoms with Crippen LogP contribution in [0.4, 0.5) is 0 Å². The maximum absolute atomic E-state index is 10.3. The lowest BCUT2D eigenvalue weighted by Gasteiger charge is -2.35. The van der Waals surface area contributed by atoms with Gasteiger partial charge < -0.3 is 19.9 Å². The number of hydrogen-bond acceptors (Lipinski definition) is 4. The smallest absolute Gasteiger partial charge is 0.0681 e. The van der Waals surface area contributed by atoms with E-state index in [4.69, 9.17) is 9.47 Å². The van der Waals surface area contributed by atoms with Gasteiger partial charge in [-0.2, -0.15) is 0 Å². The lowest BCUT2D eigenvalue weighted by atomic mass is 9.82. The molecule has 1 aliphatic rings. The first-order chi connectivity index (χ1) is 7.67. The van der Waals surface area contributed by atoms with Crippen molar-refractivity contribution in [2.24, 2.45) is 5.92 Å². The van der Waals surface area contributed by atoms with Crippen molar-refractivity contribution in [3.8, 4) is 0 Å². The minimum absolute atomic E-state index is 0.283. The zero-order valence-electron chi connectivity index (χ0n) is 10.5. The Kier molecular flexibility index (Phi) is 6.28. The van der Waals surface area contributed by atoms with Crippen LogP contribution in [0.2, 0.25) is 0 Å². The van der Waals surface area contributed by atoms with Gasteiger partial charge in [-0.25, -0.2) is 0 Å². The number of hydrogen-bond donors (Lipinski definition) is 2. The molecule has 2 atom stereocenters. The molecule has 1 rings (SSSR count). The number of rotatable bonds is 7. The summed E-state index contributed by atoms with van der Waals surface area (Å²) < 4.78 is 10.4. The van der Waals surface area contributed by atoms with Gasteiger partial charge in [0.15, 0.2) is 0 Å². The minimum Gasteiger partial charge on any atom is -0.390 e. The van der Waals surface area contributed by atoms with Gasteiger partial charge in [0.1, 0.15) is 0 Å². The van der Waals surface area contributed by atoms with Crippen LogP contribution in [0.3, 0.4) is 0 Å². The van der Waals surface area contributed by atoms with Crippen molar-refractivity contribution in [2.75, 3.05) is 40.0 Å². The Bertz CT molecular complexity index is 179. The second-order valence-corrected chi connectivity index (χ2v) is 4.76. The molecular formula is C12H25NO3. The molecule has 0 aromatic heterocycles. The van der Waals surface area contributed by atoms with Crippen LogP contribution < -0.4 is 5.32 Å². The molecule has 0 amide bonds. The van der Waals surface area contributed by atoms with Crippen molar-refractivity contribution >= 4 is 0 Å². The highest BCUT2D eigenvalue weighted by Gasteiger charge is 2.32. The fourth-order valence-electron chi connectivity index (χ4n) is 2.08. The number of methoxy groups -OCH3 is 1. The van der Waals surface area contributed by atoms with E-state index in [0.29, 0.717) is 13.2 Å². The van der Waals surface area contributed by atoms with Crippen LogP contribution in [0.15, 0.2) is 0 Å². The summed E-state index contributed by atoms with van der Waals surface area (Å²) in [6.07, 6.45) is 2.91. The van der Waals surface area contributed by atoms with Gasteiger partial charge in [-0.1, -0.05) is 0 Å². The van der Waals surface area contributed by atoms with Crippen LogP contribution >= 0.6 is 0 Å². The lowest BCUT2D eigenvalue weighted by molar-refractivity contribution is -0.0717. The second kappa shape index (κ2) is 7.22. The maximum Gasteiger partial charge on any atom is 0.0681 e. The largest absolute Gasteiger partial charge is 0.390 e.